The molecule has 0 aliphatic rings. The molecule has 100 valence electrons. The van der Waals surface area contributed by atoms with E-state index in [-0.39, 0.29) is 6.54 Å². The standard InChI is InChI=1S/C10H11F4N3S/c1-6-7(17-2-3-18-9(17)16-6)4-15-5-10(13,14)8(11)12/h2-3,8,15H,4-5H2,1H3. The van der Waals surface area contributed by atoms with E-state index in [1.807, 2.05) is 5.38 Å². The third-order valence-corrected chi connectivity index (χ3v) is 3.29. The first kappa shape index (κ1) is 13.3. The maximum Gasteiger partial charge on any atom is 0.319 e. The Hall–Kier alpha value is -1.15. The molecule has 0 aliphatic carbocycles. The lowest BCUT2D eigenvalue weighted by atomic mass is 10.3. The van der Waals surface area contributed by atoms with E-state index in [2.05, 4.69) is 10.3 Å². The summed E-state index contributed by atoms with van der Waals surface area (Å²) < 4.78 is 51.1. The van der Waals surface area contributed by atoms with Gasteiger partial charge in [0, 0.05) is 18.1 Å². The van der Waals surface area contributed by atoms with E-state index in [1.54, 1.807) is 17.5 Å². The van der Waals surface area contributed by atoms with Crippen LogP contribution in [0.1, 0.15) is 11.4 Å². The summed E-state index contributed by atoms with van der Waals surface area (Å²) in [6.45, 7) is 0.773. The van der Waals surface area contributed by atoms with Crippen molar-refractivity contribution < 1.29 is 17.6 Å². The number of aryl methyl sites for hydroxylation is 1. The van der Waals surface area contributed by atoms with Gasteiger partial charge in [-0.2, -0.15) is 8.78 Å². The molecule has 18 heavy (non-hydrogen) atoms. The fourth-order valence-electron chi connectivity index (χ4n) is 1.58. The predicted octanol–water partition coefficient (Wildman–Crippen LogP) is 2.69. The molecule has 2 rings (SSSR count). The average molecular weight is 281 g/mol. The van der Waals surface area contributed by atoms with E-state index in [4.69, 9.17) is 0 Å². The molecule has 8 heteroatoms. The molecule has 1 N–H and O–H groups in total. The van der Waals surface area contributed by atoms with E-state index < -0.39 is 18.9 Å². The van der Waals surface area contributed by atoms with Gasteiger partial charge in [0.25, 0.3) is 0 Å². The number of rotatable bonds is 5. The molecule has 0 unspecified atom stereocenters. The van der Waals surface area contributed by atoms with Gasteiger partial charge in [-0.1, -0.05) is 0 Å². The number of nitrogens with zero attached hydrogens (tertiary/aromatic N) is 2. The number of halogens is 4. The molecule has 0 aromatic carbocycles. The van der Waals surface area contributed by atoms with Crippen molar-refractivity contribution >= 4 is 16.3 Å². The smallest absolute Gasteiger partial charge is 0.305 e. The van der Waals surface area contributed by atoms with Gasteiger partial charge >= 0.3 is 12.3 Å². The van der Waals surface area contributed by atoms with E-state index in [0.29, 0.717) is 11.4 Å². The molecular formula is C10H11F4N3S. The molecule has 2 aromatic heterocycles. The van der Waals surface area contributed by atoms with Gasteiger partial charge in [-0.15, -0.1) is 11.3 Å². The quantitative estimate of drug-likeness (QED) is 0.854. The van der Waals surface area contributed by atoms with Crippen LogP contribution < -0.4 is 5.32 Å². The molecule has 0 atom stereocenters. The van der Waals surface area contributed by atoms with Crippen LogP contribution >= 0.6 is 11.3 Å². The Balaban J connectivity index is 2.02. The normalized spacial score (nSPS) is 12.8. The van der Waals surface area contributed by atoms with Crippen molar-refractivity contribution in [2.45, 2.75) is 25.8 Å². The van der Waals surface area contributed by atoms with E-state index >= 15 is 0 Å². The third-order valence-electron chi connectivity index (χ3n) is 2.53. The molecule has 0 aliphatic heterocycles. The fourth-order valence-corrected chi connectivity index (χ4v) is 2.36. The number of imidazole rings is 1. The minimum atomic E-state index is -4.01. The Morgan fingerprint density at radius 1 is 1.50 bits per heavy atom. The Morgan fingerprint density at radius 3 is 2.89 bits per heavy atom. The van der Waals surface area contributed by atoms with Gasteiger partial charge in [-0.3, -0.25) is 4.40 Å². The summed E-state index contributed by atoms with van der Waals surface area (Å²) in [5.74, 6) is -4.01. The number of alkyl halides is 4. The molecule has 0 amide bonds. The number of nitrogens with one attached hydrogen (secondary N) is 1. The van der Waals surface area contributed by atoms with E-state index in [0.717, 1.165) is 4.96 Å². The summed E-state index contributed by atoms with van der Waals surface area (Å²) >= 11 is 1.42. The van der Waals surface area contributed by atoms with Crippen LogP contribution in [0.4, 0.5) is 17.6 Å². The highest BCUT2D eigenvalue weighted by molar-refractivity contribution is 7.15. The molecule has 0 saturated carbocycles. The van der Waals surface area contributed by atoms with E-state index in [1.165, 1.54) is 11.3 Å². The van der Waals surface area contributed by atoms with Crippen LogP contribution in [0, 0.1) is 6.92 Å². The van der Waals surface area contributed by atoms with Crippen LogP contribution in [0.25, 0.3) is 4.96 Å². The topological polar surface area (TPSA) is 29.3 Å². The Morgan fingerprint density at radius 2 is 2.22 bits per heavy atom. The first-order valence-electron chi connectivity index (χ1n) is 5.19. The number of aromatic nitrogens is 2. The first-order chi connectivity index (χ1) is 8.42. The van der Waals surface area contributed by atoms with Crippen LogP contribution in [0.3, 0.4) is 0 Å². The summed E-state index contributed by atoms with van der Waals surface area (Å²) in [4.78, 5) is 4.98. The molecule has 0 fully saturated rings. The lowest BCUT2D eigenvalue weighted by Crippen LogP contribution is -2.38. The van der Waals surface area contributed by atoms with Crippen molar-refractivity contribution in [1.29, 1.82) is 0 Å². The van der Waals surface area contributed by atoms with E-state index in [9.17, 15) is 17.6 Å². The zero-order valence-corrected chi connectivity index (χ0v) is 10.3. The van der Waals surface area contributed by atoms with Crippen LogP contribution in [0.15, 0.2) is 11.6 Å². The number of hydrogen-bond donors (Lipinski definition) is 1. The maximum absolute atomic E-state index is 12.7. The Kier molecular flexibility index (Phi) is 3.58. The highest BCUT2D eigenvalue weighted by atomic mass is 32.1. The van der Waals surface area contributed by atoms with Crippen LogP contribution in [-0.4, -0.2) is 28.3 Å². The van der Waals surface area contributed by atoms with Crippen molar-refractivity contribution in [1.82, 2.24) is 14.7 Å². The predicted molar refractivity (Wildman–Crippen MR) is 60.5 cm³/mol. The largest absolute Gasteiger partial charge is 0.319 e. The summed E-state index contributed by atoms with van der Waals surface area (Å²) in [6.07, 6.45) is -1.89. The van der Waals surface area contributed by atoms with Crippen molar-refractivity contribution in [2.24, 2.45) is 0 Å². The molecule has 0 bridgehead atoms. The summed E-state index contributed by atoms with van der Waals surface area (Å²) in [6, 6.07) is 0. The van der Waals surface area contributed by atoms with Crippen molar-refractivity contribution in [3.05, 3.63) is 23.0 Å². The lowest BCUT2D eigenvalue weighted by molar-refractivity contribution is -0.125. The lowest BCUT2D eigenvalue weighted by Gasteiger charge is -2.15. The first-order valence-corrected chi connectivity index (χ1v) is 6.07. The highest BCUT2D eigenvalue weighted by Crippen LogP contribution is 2.22. The third kappa shape index (κ3) is 2.49. The minimum absolute atomic E-state index is 0.0754. The van der Waals surface area contributed by atoms with Gasteiger partial charge in [0.15, 0.2) is 4.96 Å². The molecule has 3 nitrogen and oxygen atoms in total. The molecular weight excluding hydrogens is 270 g/mol. The number of thiazole rings is 1. The summed E-state index contributed by atoms with van der Waals surface area (Å²) in [7, 11) is 0. The highest BCUT2D eigenvalue weighted by Gasteiger charge is 2.40. The second-order valence-electron chi connectivity index (χ2n) is 3.86. The fraction of sp³-hybridized carbons (Fsp3) is 0.500. The van der Waals surface area contributed by atoms with Gasteiger partial charge in [0.2, 0.25) is 0 Å². The summed E-state index contributed by atoms with van der Waals surface area (Å²) in [5.41, 5.74) is 1.41. The van der Waals surface area contributed by atoms with Gasteiger partial charge in [-0.25, -0.2) is 13.8 Å². The second-order valence-corrected chi connectivity index (χ2v) is 4.74. The minimum Gasteiger partial charge on any atom is -0.305 e. The molecule has 2 aromatic rings. The average Bonchev–Trinajstić information content (AvgIpc) is 2.81. The van der Waals surface area contributed by atoms with Crippen molar-refractivity contribution in [3.8, 4) is 0 Å². The zero-order chi connectivity index (χ0) is 13.3. The Labute approximate surface area is 104 Å². The molecule has 2 heterocycles. The van der Waals surface area contributed by atoms with Crippen molar-refractivity contribution in [2.75, 3.05) is 6.54 Å². The SMILES string of the molecule is Cc1nc2sccn2c1CNCC(F)(F)C(F)F. The van der Waals surface area contributed by atoms with Crippen LogP contribution in [0.5, 0.6) is 0 Å². The number of fused-ring (bicyclic) bond motifs is 1. The summed E-state index contributed by atoms with van der Waals surface area (Å²) in [5, 5.41) is 4.16. The van der Waals surface area contributed by atoms with Gasteiger partial charge < -0.3 is 5.32 Å². The van der Waals surface area contributed by atoms with Crippen LogP contribution in [0.2, 0.25) is 0 Å². The van der Waals surface area contributed by atoms with Crippen molar-refractivity contribution in [3.63, 3.8) is 0 Å². The zero-order valence-electron chi connectivity index (χ0n) is 9.46. The molecule has 0 saturated heterocycles. The number of hydrogen-bond acceptors (Lipinski definition) is 3. The Bertz CT molecular complexity index is 534. The molecule has 0 radical (unpaired) electrons. The second kappa shape index (κ2) is 4.85. The van der Waals surface area contributed by atoms with Gasteiger partial charge in [0.1, 0.15) is 0 Å². The maximum atomic E-state index is 12.7. The van der Waals surface area contributed by atoms with Gasteiger partial charge in [0.05, 0.1) is 17.9 Å². The van der Waals surface area contributed by atoms with Gasteiger partial charge in [-0.05, 0) is 6.92 Å². The van der Waals surface area contributed by atoms with Crippen LogP contribution in [-0.2, 0) is 6.54 Å². The monoisotopic (exact) mass is 281 g/mol. The molecule has 0 spiro atoms.